The highest BCUT2D eigenvalue weighted by molar-refractivity contribution is 8.07. The minimum absolute atomic E-state index is 0.0000772. The Morgan fingerprint density at radius 1 is 1.62 bits per heavy atom. The van der Waals surface area contributed by atoms with Crippen LogP contribution in [0.3, 0.4) is 0 Å². The zero-order valence-corrected chi connectivity index (χ0v) is 8.81. The first-order chi connectivity index (χ1) is 5.98. The van der Waals surface area contributed by atoms with E-state index in [0.29, 0.717) is 0 Å². The van der Waals surface area contributed by atoms with E-state index in [9.17, 15) is 9.69 Å². The quantitative estimate of drug-likeness (QED) is 0.454. The maximum atomic E-state index is 9.97. The molecule has 3 N–H and O–H groups in total. The second kappa shape index (κ2) is 6.28. The van der Waals surface area contributed by atoms with Gasteiger partial charge in [0.25, 0.3) is 0 Å². The third kappa shape index (κ3) is 8.14. The Balaban J connectivity index is 3.52. The van der Waals surface area contributed by atoms with Crippen LogP contribution in [0.5, 0.6) is 0 Å². The molecule has 0 aliphatic carbocycles. The van der Waals surface area contributed by atoms with Crippen molar-refractivity contribution in [2.75, 3.05) is 19.8 Å². The summed E-state index contributed by atoms with van der Waals surface area (Å²) in [6.45, 7) is -1.14. The molecule has 1 amide bonds. The van der Waals surface area contributed by atoms with Crippen molar-refractivity contribution >= 4 is 24.6 Å². The molecule has 0 saturated carbocycles. The zero-order chi connectivity index (χ0) is 10.3. The van der Waals surface area contributed by atoms with Gasteiger partial charge in [-0.1, -0.05) is 0 Å². The van der Waals surface area contributed by atoms with Crippen LogP contribution in [-0.2, 0) is 20.9 Å². The van der Waals surface area contributed by atoms with Crippen LogP contribution in [0.2, 0.25) is 0 Å². The second-order valence-corrected chi connectivity index (χ2v) is 4.79. The molecular formula is C5H12NO5PS. The SMILES string of the molecule is CCOP(O)(=S)OCCNC(=O)O. The standard InChI is InChI=1S/C5H12NO5PS/c1-2-10-12(9,13)11-4-3-6-5(7)8/h6H,2-4H2,1H3,(H,7,8)(H,9,13). The highest BCUT2D eigenvalue weighted by Crippen LogP contribution is 2.42. The van der Waals surface area contributed by atoms with Crippen LogP contribution in [-0.4, -0.2) is 35.9 Å². The lowest BCUT2D eigenvalue weighted by molar-refractivity contribution is 0.182. The lowest BCUT2D eigenvalue weighted by atomic mass is 10.7. The Hall–Kier alpha value is -0.200. The summed E-state index contributed by atoms with van der Waals surface area (Å²) in [6, 6.07) is 0. The Kier molecular flexibility index (Phi) is 6.19. The van der Waals surface area contributed by atoms with Gasteiger partial charge in [-0.2, -0.15) is 0 Å². The number of rotatable bonds is 6. The molecule has 1 atom stereocenters. The average Bonchev–Trinajstić information content (AvgIpc) is 1.98. The smallest absolute Gasteiger partial charge is 0.404 e. The summed E-state index contributed by atoms with van der Waals surface area (Å²) in [4.78, 5) is 19.2. The van der Waals surface area contributed by atoms with Crippen molar-refractivity contribution in [3.63, 3.8) is 0 Å². The van der Waals surface area contributed by atoms with Crippen molar-refractivity contribution in [2.24, 2.45) is 0 Å². The lowest BCUT2D eigenvalue weighted by Crippen LogP contribution is -2.24. The monoisotopic (exact) mass is 229 g/mol. The summed E-state index contributed by atoms with van der Waals surface area (Å²) in [5.41, 5.74) is 0. The van der Waals surface area contributed by atoms with Crippen LogP contribution in [0.1, 0.15) is 6.92 Å². The molecular weight excluding hydrogens is 217 g/mol. The van der Waals surface area contributed by atoms with Gasteiger partial charge >= 0.3 is 12.8 Å². The summed E-state index contributed by atoms with van der Waals surface area (Å²) < 4.78 is 9.47. The van der Waals surface area contributed by atoms with E-state index in [2.05, 4.69) is 17.1 Å². The Morgan fingerprint density at radius 2 is 2.23 bits per heavy atom. The predicted molar refractivity (Wildman–Crippen MR) is 50.1 cm³/mol. The summed E-state index contributed by atoms with van der Waals surface area (Å²) in [5, 5.41) is 10.2. The predicted octanol–water partition coefficient (Wildman–Crippen LogP) is 0.524. The van der Waals surface area contributed by atoms with Crippen LogP contribution >= 0.6 is 6.72 Å². The maximum absolute atomic E-state index is 9.97. The highest BCUT2D eigenvalue weighted by atomic mass is 32.5. The Morgan fingerprint density at radius 3 is 2.69 bits per heavy atom. The van der Waals surface area contributed by atoms with E-state index in [-0.39, 0.29) is 19.8 Å². The number of carbonyl (C=O) groups is 1. The van der Waals surface area contributed by atoms with Gasteiger partial charge in [-0.15, -0.1) is 0 Å². The van der Waals surface area contributed by atoms with Gasteiger partial charge in [0.1, 0.15) is 0 Å². The van der Waals surface area contributed by atoms with Gasteiger partial charge in [0.05, 0.1) is 13.2 Å². The largest absolute Gasteiger partial charge is 0.465 e. The van der Waals surface area contributed by atoms with Crippen molar-refractivity contribution in [1.82, 2.24) is 5.32 Å². The fraction of sp³-hybridized carbons (Fsp3) is 0.800. The van der Waals surface area contributed by atoms with Gasteiger partial charge in [0.2, 0.25) is 0 Å². The molecule has 0 heterocycles. The first kappa shape index (κ1) is 12.8. The van der Waals surface area contributed by atoms with Gasteiger partial charge in [0.15, 0.2) is 0 Å². The molecule has 0 aliphatic heterocycles. The van der Waals surface area contributed by atoms with Crippen molar-refractivity contribution in [3.05, 3.63) is 0 Å². The van der Waals surface area contributed by atoms with Gasteiger partial charge in [-0.05, 0) is 18.7 Å². The molecule has 0 spiro atoms. The zero-order valence-electron chi connectivity index (χ0n) is 7.10. The van der Waals surface area contributed by atoms with Crippen molar-refractivity contribution in [3.8, 4) is 0 Å². The molecule has 0 aromatic rings. The van der Waals surface area contributed by atoms with Gasteiger partial charge in [0, 0.05) is 6.54 Å². The summed E-state index contributed by atoms with van der Waals surface area (Å²) in [7, 11) is 0. The number of hydrogen-bond donors (Lipinski definition) is 3. The second-order valence-electron chi connectivity index (χ2n) is 1.95. The summed E-state index contributed by atoms with van der Waals surface area (Å²) in [6.07, 6.45) is -1.15. The minimum atomic E-state index is -3.15. The fourth-order valence-electron chi connectivity index (χ4n) is 0.519. The molecule has 0 fully saturated rings. The molecule has 1 unspecified atom stereocenters. The third-order valence-corrected chi connectivity index (χ3v) is 2.65. The molecule has 0 aliphatic rings. The van der Waals surface area contributed by atoms with Gasteiger partial charge < -0.3 is 24.4 Å². The van der Waals surface area contributed by atoms with Crippen molar-refractivity contribution < 1.29 is 23.8 Å². The van der Waals surface area contributed by atoms with E-state index < -0.39 is 12.8 Å². The molecule has 78 valence electrons. The van der Waals surface area contributed by atoms with E-state index in [1.54, 1.807) is 6.92 Å². The number of nitrogens with one attached hydrogen (secondary N) is 1. The number of amides is 1. The van der Waals surface area contributed by atoms with Gasteiger partial charge in [-0.3, -0.25) is 0 Å². The van der Waals surface area contributed by atoms with Crippen LogP contribution in [0.25, 0.3) is 0 Å². The summed E-state index contributed by atoms with van der Waals surface area (Å²) in [5.74, 6) is 0. The first-order valence-corrected chi connectivity index (χ1v) is 6.15. The molecule has 8 heteroatoms. The molecule has 0 bridgehead atoms. The van der Waals surface area contributed by atoms with E-state index in [1.807, 2.05) is 0 Å². The average molecular weight is 229 g/mol. The first-order valence-electron chi connectivity index (χ1n) is 3.56. The number of carboxylic acid groups (broad SMARTS) is 1. The molecule has 13 heavy (non-hydrogen) atoms. The number of hydrogen-bond acceptors (Lipinski definition) is 4. The van der Waals surface area contributed by atoms with Crippen LogP contribution < -0.4 is 5.32 Å². The van der Waals surface area contributed by atoms with E-state index in [4.69, 9.17) is 14.2 Å². The molecule has 0 aromatic heterocycles. The third-order valence-electron chi connectivity index (χ3n) is 0.925. The van der Waals surface area contributed by atoms with Crippen LogP contribution in [0.15, 0.2) is 0 Å². The Bertz CT molecular complexity index is 211. The Labute approximate surface area is 81.1 Å². The topological polar surface area (TPSA) is 88.0 Å². The summed E-state index contributed by atoms with van der Waals surface area (Å²) >= 11 is 4.57. The fourth-order valence-corrected chi connectivity index (χ4v) is 1.78. The van der Waals surface area contributed by atoms with Gasteiger partial charge in [-0.25, -0.2) is 4.79 Å². The molecule has 0 rings (SSSR count). The molecule has 6 nitrogen and oxygen atoms in total. The van der Waals surface area contributed by atoms with Crippen molar-refractivity contribution in [1.29, 1.82) is 0 Å². The molecule has 0 radical (unpaired) electrons. The highest BCUT2D eigenvalue weighted by Gasteiger charge is 2.12. The van der Waals surface area contributed by atoms with Crippen LogP contribution in [0, 0.1) is 0 Å². The minimum Gasteiger partial charge on any atom is -0.465 e. The molecule has 0 saturated heterocycles. The lowest BCUT2D eigenvalue weighted by Gasteiger charge is -2.13. The van der Waals surface area contributed by atoms with E-state index in [1.165, 1.54) is 0 Å². The van der Waals surface area contributed by atoms with Crippen molar-refractivity contribution in [2.45, 2.75) is 6.92 Å². The van der Waals surface area contributed by atoms with E-state index in [0.717, 1.165) is 0 Å². The maximum Gasteiger partial charge on any atom is 0.404 e. The normalized spacial score (nSPS) is 14.9. The molecule has 0 aromatic carbocycles. The van der Waals surface area contributed by atoms with Crippen LogP contribution in [0.4, 0.5) is 4.79 Å². The van der Waals surface area contributed by atoms with E-state index >= 15 is 0 Å².